The number of nitrogens with two attached hydrogens (primary N) is 1. The van der Waals surface area contributed by atoms with Gasteiger partial charge in [-0.1, -0.05) is 24.3 Å². The first-order valence-corrected chi connectivity index (χ1v) is 7.65. The van der Waals surface area contributed by atoms with Crippen LogP contribution < -0.4 is 5.73 Å². The molecule has 1 aromatic carbocycles. The van der Waals surface area contributed by atoms with Crippen LogP contribution in [0.4, 0.5) is 0 Å². The smallest absolute Gasteiger partial charge is 0.234 e. The maximum atomic E-state index is 11.6. The van der Waals surface area contributed by atoms with Gasteiger partial charge in [-0.3, -0.25) is 9.69 Å². The molecule has 6 heteroatoms. The number of carbonyl (C=O) groups is 1. The van der Waals surface area contributed by atoms with E-state index in [1.54, 1.807) is 13.3 Å². The first-order valence-electron chi connectivity index (χ1n) is 7.65. The molecule has 0 radical (unpaired) electrons. The predicted octanol–water partition coefficient (Wildman–Crippen LogP) is 1.72. The van der Waals surface area contributed by atoms with Gasteiger partial charge in [-0.2, -0.15) is 0 Å². The fraction of sp³-hybridized carbons (Fsp3) is 0.412. The molecule has 3 rings (SSSR count). The Morgan fingerprint density at radius 2 is 2.26 bits per heavy atom. The lowest BCUT2D eigenvalue weighted by atomic mass is 10.1. The molecule has 2 atom stereocenters. The highest BCUT2D eigenvalue weighted by Gasteiger charge is 2.36. The lowest BCUT2D eigenvalue weighted by Crippen LogP contribution is -2.39. The number of ether oxygens (including phenoxy) is 1. The second-order valence-corrected chi connectivity index (χ2v) is 5.87. The maximum Gasteiger partial charge on any atom is 0.234 e. The zero-order valence-corrected chi connectivity index (χ0v) is 13.4. The summed E-state index contributed by atoms with van der Waals surface area (Å²) in [5.74, 6) is 0.970. The normalized spacial score (nSPS) is 21.7. The molecule has 6 nitrogen and oxygen atoms in total. The molecule has 2 heterocycles. The van der Waals surface area contributed by atoms with Gasteiger partial charge in [0.15, 0.2) is 5.76 Å². The largest absolute Gasteiger partial charge is 0.439 e. The van der Waals surface area contributed by atoms with E-state index in [0.29, 0.717) is 25.4 Å². The lowest BCUT2D eigenvalue weighted by Gasteiger charge is -2.19. The molecule has 1 saturated heterocycles. The van der Waals surface area contributed by atoms with Gasteiger partial charge in [0.1, 0.15) is 0 Å². The van der Waals surface area contributed by atoms with Gasteiger partial charge >= 0.3 is 0 Å². The van der Waals surface area contributed by atoms with Gasteiger partial charge in [0, 0.05) is 19.2 Å². The van der Waals surface area contributed by atoms with Crippen LogP contribution >= 0.6 is 0 Å². The van der Waals surface area contributed by atoms with Crippen molar-refractivity contribution in [1.29, 1.82) is 0 Å². The average molecular weight is 315 g/mol. The third-order valence-electron chi connectivity index (χ3n) is 4.33. The summed E-state index contributed by atoms with van der Waals surface area (Å²) in [5, 5.41) is 0. The molecule has 0 spiro atoms. The highest BCUT2D eigenvalue weighted by molar-refractivity contribution is 5.80. The molecule has 0 aliphatic carbocycles. The molecule has 122 valence electrons. The van der Waals surface area contributed by atoms with E-state index in [1.807, 2.05) is 36.1 Å². The van der Waals surface area contributed by atoms with E-state index in [-0.39, 0.29) is 18.1 Å². The van der Waals surface area contributed by atoms with Crippen molar-refractivity contribution in [2.24, 2.45) is 5.73 Å². The zero-order chi connectivity index (χ0) is 16.4. The Balaban J connectivity index is 1.76. The lowest BCUT2D eigenvalue weighted by molar-refractivity contribution is -0.122. The summed E-state index contributed by atoms with van der Waals surface area (Å²) < 4.78 is 11.2. The SMILES string of the molecule is CO[C@H]1C[C@@H](C(N)=O)N(Cc2ncc(-c3ccccc3C)o2)C1. The Hall–Kier alpha value is -2.18. The molecule has 0 saturated carbocycles. The Morgan fingerprint density at radius 3 is 2.96 bits per heavy atom. The van der Waals surface area contributed by atoms with E-state index < -0.39 is 0 Å². The quantitative estimate of drug-likeness (QED) is 0.908. The number of primary amides is 1. The van der Waals surface area contributed by atoms with Gasteiger partial charge in [0.2, 0.25) is 11.8 Å². The van der Waals surface area contributed by atoms with Crippen LogP contribution in [-0.2, 0) is 16.1 Å². The number of likely N-dealkylation sites (tertiary alicyclic amines) is 1. The number of benzene rings is 1. The summed E-state index contributed by atoms with van der Waals surface area (Å²) >= 11 is 0. The first kappa shape index (κ1) is 15.7. The monoisotopic (exact) mass is 315 g/mol. The van der Waals surface area contributed by atoms with Crippen LogP contribution in [0.1, 0.15) is 17.9 Å². The number of rotatable bonds is 5. The highest BCUT2D eigenvalue weighted by atomic mass is 16.5. The number of nitrogens with zero attached hydrogens (tertiary/aromatic N) is 2. The van der Waals surface area contributed by atoms with Gasteiger partial charge in [-0.15, -0.1) is 0 Å². The van der Waals surface area contributed by atoms with Crippen molar-refractivity contribution in [1.82, 2.24) is 9.88 Å². The van der Waals surface area contributed by atoms with Crippen molar-refractivity contribution in [2.45, 2.75) is 32.0 Å². The van der Waals surface area contributed by atoms with Crippen molar-refractivity contribution in [3.8, 4) is 11.3 Å². The van der Waals surface area contributed by atoms with Crippen LogP contribution in [-0.4, -0.2) is 41.6 Å². The summed E-state index contributed by atoms with van der Waals surface area (Å²) in [6.07, 6.45) is 2.34. The van der Waals surface area contributed by atoms with Crippen LogP contribution in [0.3, 0.4) is 0 Å². The van der Waals surface area contributed by atoms with Gasteiger partial charge < -0.3 is 14.9 Å². The Kier molecular flexibility index (Phi) is 4.45. The second kappa shape index (κ2) is 6.52. The number of hydrogen-bond donors (Lipinski definition) is 1. The third kappa shape index (κ3) is 3.28. The molecule has 1 amide bonds. The Labute approximate surface area is 135 Å². The molecule has 23 heavy (non-hydrogen) atoms. The number of carbonyl (C=O) groups excluding carboxylic acids is 1. The minimum atomic E-state index is -0.339. The molecule has 1 aliphatic heterocycles. The fourth-order valence-electron chi connectivity index (χ4n) is 3.03. The molecule has 1 aliphatic rings. The summed E-state index contributed by atoms with van der Waals surface area (Å²) in [5.41, 5.74) is 7.64. The van der Waals surface area contributed by atoms with E-state index in [4.69, 9.17) is 14.9 Å². The fourth-order valence-corrected chi connectivity index (χ4v) is 3.03. The molecule has 2 N–H and O–H groups in total. The van der Waals surface area contributed by atoms with E-state index in [1.165, 1.54) is 0 Å². The number of aromatic nitrogens is 1. The van der Waals surface area contributed by atoms with Crippen LogP contribution in [0.25, 0.3) is 11.3 Å². The van der Waals surface area contributed by atoms with Gasteiger partial charge in [-0.25, -0.2) is 4.98 Å². The van der Waals surface area contributed by atoms with Crippen LogP contribution in [0.15, 0.2) is 34.9 Å². The standard InChI is InChI=1S/C17H21N3O3/c1-11-5-3-4-6-13(11)15-8-19-16(23-15)10-20-9-12(22-2)7-14(20)17(18)21/h3-6,8,12,14H,7,9-10H2,1-2H3,(H2,18,21)/t12-,14-/m0/s1. The van der Waals surface area contributed by atoms with Crippen molar-refractivity contribution in [2.75, 3.05) is 13.7 Å². The van der Waals surface area contributed by atoms with Crippen molar-refractivity contribution < 1.29 is 13.9 Å². The number of aryl methyl sites for hydroxylation is 1. The summed E-state index contributed by atoms with van der Waals surface area (Å²) in [6, 6.07) is 7.65. The number of oxazole rings is 1. The predicted molar refractivity (Wildman–Crippen MR) is 85.5 cm³/mol. The molecule has 1 fully saturated rings. The van der Waals surface area contributed by atoms with E-state index in [9.17, 15) is 4.79 Å². The highest BCUT2D eigenvalue weighted by Crippen LogP contribution is 2.26. The Bertz CT molecular complexity index is 698. The molecule has 1 aromatic heterocycles. The molecule has 2 aromatic rings. The summed E-state index contributed by atoms with van der Waals surface area (Å²) in [7, 11) is 1.65. The van der Waals surface area contributed by atoms with Crippen molar-refractivity contribution in [3.63, 3.8) is 0 Å². The van der Waals surface area contributed by atoms with E-state index >= 15 is 0 Å². The molecular weight excluding hydrogens is 294 g/mol. The maximum absolute atomic E-state index is 11.6. The summed E-state index contributed by atoms with van der Waals surface area (Å²) in [6.45, 7) is 3.12. The first-order chi connectivity index (χ1) is 11.1. The average Bonchev–Trinajstić information content (AvgIpc) is 3.15. The molecule has 0 unspecified atom stereocenters. The van der Waals surface area contributed by atoms with Crippen LogP contribution in [0.5, 0.6) is 0 Å². The number of hydrogen-bond acceptors (Lipinski definition) is 5. The number of methoxy groups -OCH3 is 1. The van der Waals surface area contributed by atoms with Gasteiger partial charge in [0.25, 0.3) is 0 Å². The summed E-state index contributed by atoms with van der Waals surface area (Å²) in [4.78, 5) is 17.9. The topological polar surface area (TPSA) is 81.6 Å². The van der Waals surface area contributed by atoms with Crippen molar-refractivity contribution >= 4 is 5.91 Å². The van der Waals surface area contributed by atoms with E-state index in [2.05, 4.69) is 4.98 Å². The third-order valence-corrected chi connectivity index (χ3v) is 4.33. The van der Waals surface area contributed by atoms with Crippen LogP contribution in [0.2, 0.25) is 0 Å². The minimum Gasteiger partial charge on any atom is -0.439 e. The van der Waals surface area contributed by atoms with Gasteiger partial charge in [0.05, 0.1) is 24.9 Å². The van der Waals surface area contributed by atoms with E-state index in [0.717, 1.165) is 16.9 Å². The Morgan fingerprint density at radius 1 is 1.48 bits per heavy atom. The molecule has 0 bridgehead atoms. The van der Waals surface area contributed by atoms with Crippen molar-refractivity contribution in [3.05, 3.63) is 41.9 Å². The molecular formula is C17H21N3O3. The number of amides is 1. The minimum absolute atomic E-state index is 0.0123. The van der Waals surface area contributed by atoms with Crippen LogP contribution in [0, 0.1) is 6.92 Å². The van der Waals surface area contributed by atoms with Gasteiger partial charge in [-0.05, 0) is 18.9 Å². The zero-order valence-electron chi connectivity index (χ0n) is 13.4. The second-order valence-electron chi connectivity index (χ2n) is 5.87.